The molecule has 0 unspecified atom stereocenters. The van der Waals surface area contributed by atoms with Crippen LogP contribution in [0, 0.1) is 17.8 Å². The molecule has 51 heavy (non-hydrogen) atoms. The van der Waals surface area contributed by atoms with Gasteiger partial charge in [0.15, 0.2) is 0 Å². The largest absolute Gasteiger partial charge is 0.379 e. The van der Waals surface area contributed by atoms with Crippen LogP contribution in [-0.2, 0) is 28.7 Å². The summed E-state index contributed by atoms with van der Waals surface area (Å²) in [5.41, 5.74) is 1.77. The maximum absolute atomic E-state index is 14.1. The molecular weight excluding hydrogens is 648 g/mol. The van der Waals surface area contributed by atoms with Crippen LogP contribution in [0.4, 0.5) is 0 Å². The lowest BCUT2D eigenvalue weighted by atomic mass is 9.90. The zero-order valence-electron chi connectivity index (χ0n) is 33.3. The highest BCUT2D eigenvalue weighted by atomic mass is 16.5. The van der Waals surface area contributed by atoms with Gasteiger partial charge in [-0.15, -0.1) is 0 Å². The minimum Gasteiger partial charge on any atom is -0.379 e. The Labute approximate surface area is 307 Å². The van der Waals surface area contributed by atoms with E-state index in [4.69, 9.17) is 9.47 Å². The van der Waals surface area contributed by atoms with Gasteiger partial charge in [-0.3, -0.25) is 29.1 Å². The number of rotatable bonds is 20. The summed E-state index contributed by atoms with van der Waals surface area (Å²) < 4.78 is 11.9. The molecule has 8 atom stereocenters. The number of benzene rings is 1. The van der Waals surface area contributed by atoms with Gasteiger partial charge in [0, 0.05) is 34.4 Å². The van der Waals surface area contributed by atoms with Gasteiger partial charge in [0.2, 0.25) is 23.6 Å². The third-order valence-electron chi connectivity index (χ3n) is 10.3. The van der Waals surface area contributed by atoms with Gasteiger partial charge in [0.25, 0.3) is 0 Å². The number of nitrogens with zero attached hydrogens (tertiary/aromatic N) is 4. The molecule has 2 N–H and O–H groups in total. The molecule has 1 fully saturated rings. The second-order valence-electron chi connectivity index (χ2n) is 14.5. The summed E-state index contributed by atoms with van der Waals surface area (Å²) in [7, 11) is 8.56. The first-order chi connectivity index (χ1) is 24.1. The number of hydrogen-bond donors (Lipinski definition) is 2. The molecule has 4 amide bonds. The maximum atomic E-state index is 14.1. The third kappa shape index (κ3) is 11.8. The van der Waals surface area contributed by atoms with Gasteiger partial charge in [-0.05, 0) is 58.2 Å². The Morgan fingerprint density at radius 3 is 2.14 bits per heavy atom. The normalized spacial score (nSPS) is 19.2. The van der Waals surface area contributed by atoms with Crippen LogP contribution in [0.5, 0.6) is 0 Å². The Bertz CT molecular complexity index is 1280. The summed E-state index contributed by atoms with van der Waals surface area (Å²) >= 11 is 0. The van der Waals surface area contributed by atoms with Crippen LogP contribution < -0.4 is 10.6 Å². The van der Waals surface area contributed by atoms with E-state index in [1.807, 2.05) is 103 Å². The van der Waals surface area contributed by atoms with Crippen LogP contribution in [0.25, 0.3) is 0 Å². The Morgan fingerprint density at radius 1 is 0.961 bits per heavy atom. The van der Waals surface area contributed by atoms with Crippen molar-refractivity contribution in [1.82, 2.24) is 25.3 Å². The molecule has 0 aromatic heterocycles. The lowest BCUT2D eigenvalue weighted by Gasteiger charge is -2.39. The summed E-state index contributed by atoms with van der Waals surface area (Å²) in [5.74, 6) is -1.18. The number of hydrogen-bond acceptors (Lipinski definition) is 8. The van der Waals surface area contributed by atoms with Gasteiger partial charge >= 0.3 is 0 Å². The van der Waals surface area contributed by atoms with Gasteiger partial charge < -0.3 is 29.9 Å². The number of ether oxygens (including phenoxy) is 2. The molecule has 288 valence electrons. The first kappa shape index (κ1) is 43.8. The molecule has 0 bridgehead atoms. The van der Waals surface area contributed by atoms with Crippen molar-refractivity contribution in [1.29, 1.82) is 0 Å². The monoisotopic (exact) mass is 715 g/mol. The SMILES string of the molecule is CCN=C(c1ccccc1)[C@@H](C)NC(=O)[C@H](C)[C@@H](OC)[C@@H]1CCCN1C(=O)C[C@@H](OC)[C@H]([C@@H](C)CC)N(C)C(=O)CNC(=O)[C@H](C(C)C)N(C)C. The van der Waals surface area contributed by atoms with Gasteiger partial charge in [-0.2, -0.15) is 0 Å². The van der Waals surface area contributed by atoms with Crippen molar-refractivity contribution in [2.45, 2.75) is 111 Å². The second kappa shape index (κ2) is 21.2. The molecule has 12 heteroatoms. The molecule has 1 aromatic carbocycles. The molecule has 0 radical (unpaired) electrons. The van der Waals surface area contributed by atoms with Crippen molar-refractivity contribution in [3.8, 4) is 0 Å². The number of likely N-dealkylation sites (N-methyl/N-ethyl adjacent to an activating group) is 2. The van der Waals surface area contributed by atoms with Gasteiger partial charge in [-0.25, -0.2) is 0 Å². The van der Waals surface area contributed by atoms with Crippen molar-refractivity contribution in [2.75, 3.05) is 55.0 Å². The first-order valence-corrected chi connectivity index (χ1v) is 18.6. The van der Waals surface area contributed by atoms with Gasteiger partial charge in [0.05, 0.1) is 61.0 Å². The maximum Gasteiger partial charge on any atom is 0.242 e. The third-order valence-corrected chi connectivity index (χ3v) is 10.3. The highest BCUT2D eigenvalue weighted by Crippen LogP contribution is 2.29. The fourth-order valence-electron chi connectivity index (χ4n) is 7.52. The molecular formula is C39H66N6O6. The smallest absolute Gasteiger partial charge is 0.242 e. The molecule has 1 heterocycles. The molecule has 0 aliphatic carbocycles. The van der Waals surface area contributed by atoms with E-state index in [1.54, 1.807) is 26.2 Å². The molecule has 1 aliphatic heterocycles. The average Bonchev–Trinajstić information content (AvgIpc) is 3.58. The summed E-state index contributed by atoms with van der Waals surface area (Å²) in [4.78, 5) is 64.1. The topological polar surface area (TPSA) is 133 Å². The second-order valence-corrected chi connectivity index (χ2v) is 14.5. The Morgan fingerprint density at radius 2 is 1.61 bits per heavy atom. The van der Waals surface area contributed by atoms with Crippen molar-refractivity contribution >= 4 is 29.3 Å². The van der Waals surface area contributed by atoms with Crippen molar-refractivity contribution in [3.63, 3.8) is 0 Å². The summed E-state index contributed by atoms with van der Waals surface area (Å²) in [6.07, 6.45) is 1.21. The molecule has 1 aliphatic rings. The number of methoxy groups -OCH3 is 2. The Hall–Kier alpha value is -3.35. The number of aliphatic imine (C=N–C) groups is 1. The number of nitrogens with one attached hydrogen (secondary N) is 2. The Balaban J connectivity index is 2.18. The number of likely N-dealkylation sites (tertiary alicyclic amines) is 1. The van der Waals surface area contributed by atoms with E-state index in [-0.39, 0.29) is 66.6 Å². The molecule has 1 aromatic rings. The minimum atomic E-state index is -0.583. The fraction of sp³-hybridized carbons (Fsp3) is 0.718. The molecule has 12 nitrogen and oxygen atoms in total. The van der Waals surface area contributed by atoms with E-state index >= 15 is 0 Å². The molecule has 2 rings (SSSR count). The van der Waals surface area contributed by atoms with Crippen LogP contribution >= 0.6 is 0 Å². The lowest BCUT2D eigenvalue weighted by molar-refractivity contribution is -0.146. The van der Waals surface area contributed by atoms with E-state index < -0.39 is 24.2 Å². The predicted molar refractivity (Wildman–Crippen MR) is 203 cm³/mol. The molecule has 1 saturated heterocycles. The van der Waals surface area contributed by atoms with Crippen LogP contribution in [0.3, 0.4) is 0 Å². The van der Waals surface area contributed by atoms with E-state index in [0.29, 0.717) is 19.5 Å². The van der Waals surface area contributed by atoms with E-state index in [9.17, 15) is 19.2 Å². The Kier molecular flexibility index (Phi) is 18.2. The van der Waals surface area contributed by atoms with Crippen molar-refractivity contribution < 1.29 is 28.7 Å². The highest BCUT2D eigenvalue weighted by molar-refractivity contribution is 6.05. The van der Waals surface area contributed by atoms with Crippen molar-refractivity contribution in [3.05, 3.63) is 35.9 Å². The first-order valence-electron chi connectivity index (χ1n) is 18.6. The summed E-state index contributed by atoms with van der Waals surface area (Å²) in [6.45, 7) is 14.8. The van der Waals surface area contributed by atoms with Gasteiger partial charge in [0.1, 0.15) is 0 Å². The highest BCUT2D eigenvalue weighted by Gasteiger charge is 2.42. The summed E-state index contributed by atoms with van der Waals surface area (Å²) in [6, 6.07) is 8.44. The number of carbonyl (C=O) groups excluding carboxylic acids is 4. The van der Waals surface area contributed by atoms with Gasteiger partial charge in [-0.1, -0.05) is 71.4 Å². The zero-order chi connectivity index (χ0) is 38.4. The van der Waals surface area contributed by atoms with Crippen molar-refractivity contribution in [2.24, 2.45) is 22.7 Å². The predicted octanol–water partition coefficient (Wildman–Crippen LogP) is 3.62. The van der Waals surface area contributed by atoms with Crippen LogP contribution in [0.1, 0.15) is 79.7 Å². The quantitative estimate of drug-likeness (QED) is 0.197. The van der Waals surface area contributed by atoms with E-state index in [2.05, 4.69) is 15.6 Å². The lowest BCUT2D eigenvalue weighted by Crippen LogP contribution is -2.55. The van der Waals surface area contributed by atoms with Crippen LogP contribution in [-0.4, -0.2) is 135 Å². The zero-order valence-corrected chi connectivity index (χ0v) is 33.3. The fourth-order valence-corrected chi connectivity index (χ4v) is 7.52. The number of amides is 4. The van der Waals surface area contributed by atoms with E-state index in [0.717, 1.165) is 24.1 Å². The number of carbonyl (C=O) groups is 4. The molecule has 0 saturated carbocycles. The standard InChI is InChI=1S/C39H66N6O6/c1-13-26(5)36(44(10)33(47)24-41-39(49)35(25(3)4)43(8)9)31(50-11)23-32(46)45-22-18-21-30(45)37(51-12)27(6)38(48)42-28(7)34(40-14-2)29-19-16-15-17-20-29/h15-17,19-20,25-28,30-31,35-37H,13-14,18,21-24H2,1-12H3,(H,41,49)(H,42,48)/t26-,27+,28+,30-,31+,35-,36-,37+/m0/s1. The molecule has 0 spiro atoms. The summed E-state index contributed by atoms with van der Waals surface area (Å²) in [5, 5.41) is 5.95. The van der Waals surface area contributed by atoms with Crippen LogP contribution in [0.15, 0.2) is 35.3 Å². The van der Waals surface area contributed by atoms with Crippen LogP contribution in [0.2, 0.25) is 0 Å². The minimum absolute atomic E-state index is 0.0152. The van der Waals surface area contributed by atoms with E-state index in [1.165, 1.54) is 0 Å². The average molecular weight is 715 g/mol.